The molecule has 1 aliphatic carbocycles. The van der Waals surface area contributed by atoms with Gasteiger partial charge < -0.3 is 5.21 Å². The summed E-state index contributed by atoms with van der Waals surface area (Å²) < 4.78 is 0. The van der Waals surface area contributed by atoms with Gasteiger partial charge >= 0.3 is 0 Å². The van der Waals surface area contributed by atoms with Crippen molar-refractivity contribution >= 4 is 23.2 Å². The minimum atomic E-state index is -0.383. The molecule has 152 valence electrons. The SMILES string of the molecule is CC(Cc1ccc2c(c1)C(C)(C)c1cc(Sc3ccc([N+](=O)[O-])cc3)ccc1-2)=NO. The molecule has 0 spiro atoms. The molecular formula is C24H22N2O3S. The van der Waals surface area contributed by atoms with Gasteiger partial charge in [0.15, 0.2) is 0 Å². The van der Waals surface area contributed by atoms with Gasteiger partial charge in [0.1, 0.15) is 0 Å². The number of hydrogen-bond donors (Lipinski definition) is 1. The van der Waals surface area contributed by atoms with E-state index < -0.39 is 0 Å². The number of fused-ring (bicyclic) bond motifs is 3. The van der Waals surface area contributed by atoms with Gasteiger partial charge in [-0.3, -0.25) is 10.1 Å². The van der Waals surface area contributed by atoms with E-state index in [0.717, 1.165) is 15.4 Å². The largest absolute Gasteiger partial charge is 0.411 e. The molecule has 3 aromatic rings. The molecule has 0 aromatic heterocycles. The van der Waals surface area contributed by atoms with Gasteiger partial charge in [-0.25, -0.2) is 0 Å². The lowest BCUT2D eigenvalue weighted by Gasteiger charge is -2.22. The van der Waals surface area contributed by atoms with Crippen LogP contribution in [-0.4, -0.2) is 15.8 Å². The first-order valence-electron chi connectivity index (χ1n) is 9.68. The highest BCUT2D eigenvalue weighted by molar-refractivity contribution is 7.99. The Morgan fingerprint density at radius 1 is 1.00 bits per heavy atom. The quantitative estimate of drug-likeness (QED) is 0.224. The molecule has 0 heterocycles. The maximum atomic E-state index is 10.9. The van der Waals surface area contributed by atoms with Gasteiger partial charge in [0, 0.05) is 33.8 Å². The first-order chi connectivity index (χ1) is 14.3. The normalized spacial score (nSPS) is 14.3. The summed E-state index contributed by atoms with van der Waals surface area (Å²) in [4.78, 5) is 12.5. The molecule has 0 fully saturated rings. The third-order valence-corrected chi connectivity index (χ3v) is 6.62. The van der Waals surface area contributed by atoms with E-state index in [1.165, 1.54) is 34.4 Å². The van der Waals surface area contributed by atoms with E-state index in [9.17, 15) is 10.1 Å². The Morgan fingerprint density at radius 2 is 1.60 bits per heavy atom. The molecule has 0 radical (unpaired) electrons. The smallest absolute Gasteiger partial charge is 0.269 e. The van der Waals surface area contributed by atoms with Gasteiger partial charge in [-0.15, -0.1) is 0 Å². The van der Waals surface area contributed by atoms with Crippen LogP contribution in [0.15, 0.2) is 75.6 Å². The monoisotopic (exact) mass is 418 g/mol. The van der Waals surface area contributed by atoms with Crippen molar-refractivity contribution in [2.75, 3.05) is 0 Å². The molecule has 0 aliphatic heterocycles. The Kier molecular flexibility index (Phi) is 5.12. The van der Waals surface area contributed by atoms with Crippen LogP contribution in [0.3, 0.4) is 0 Å². The molecule has 0 saturated heterocycles. The highest BCUT2D eigenvalue weighted by atomic mass is 32.2. The molecule has 0 saturated carbocycles. The van der Waals surface area contributed by atoms with E-state index in [0.29, 0.717) is 12.1 Å². The summed E-state index contributed by atoms with van der Waals surface area (Å²) in [7, 11) is 0. The summed E-state index contributed by atoms with van der Waals surface area (Å²) in [5.41, 5.74) is 6.80. The van der Waals surface area contributed by atoms with Gasteiger partial charge in [-0.2, -0.15) is 0 Å². The van der Waals surface area contributed by atoms with Crippen molar-refractivity contribution in [3.8, 4) is 11.1 Å². The number of non-ortho nitro benzene ring substituents is 1. The maximum Gasteiger partial charge on any atom is 0.269 e. The first kappa shape index (κ1) is 20.2. The average molecular weight is 419 g/mol. The van der Waals surface area contributed by atoms with Crippen molar-refractivity contribution in [3.05, 3.63) is 87.5 Å². The Balaban J connectivity index is 1.65. The van der Waals surface area contributed by atoms with Crippen LogP contribution in [-0.2, 0) is 11.8 Å². The van der Waals surface area contributed by atoms with Crippen LogP contribution in [0.25, 0.3) is 11.1 Å². The minimum Gasteiger partial charge on any atom is -0.411 e. The summed E-state index contributed by atoms with van der Waals surface area (Å²) in [5, 5.41) is 23.1. The number of hydrogen-bond acceptors (Lipinski definition) is 5. The zero-order valence-corrected chi connectivity index (χ0v) is 17.9. The standard InChI is InChI=1S/C24H22N2O3S/c1-15(25-27)12-16-4-10-20-21-11-9-19(14-23(21)24(2,3)22(20)13-16)30-18-7-5-17(6-8-18)26(28)29/h4-11,13-14,27H,12H2,1-3H3. The minimum absolute atomic E-state index is 0.0992. The van der Waals surface area contributed by atoms with Crippen molar-refractivity contribution < 1.29 is 10.1 Å². The third-order valence-electron chi connectivity index (χ3n) is 5.63. The van der Waals surface area contributed by atoms with Crippen molar-refractivity contribution in [2.45, 2.75) is 42.4 Å². The van der Waals surface area contributed by atoms with Crippen LogP contribution in [0.2, 0.25) is 0 Å². The number of nitro groups is 1. The lowest BCUT2D eigenvalue weighted by Crippen LogP contribution is -2.15. The summed E-state index contributed by atoms with van der Waals surface area (Å²) in [6.07, 6.45) is 0.622. The zero-order chi connectivity index (χ0) is 21.5. The summed E-state index contributed by atoms with van der Waals surface area (Å²) in [6.45, 7) is 6.28. The number of benzene rings is 3. The number of oxime groups is 1. The fourth-order valence-corrected chi connectivity index (χ4v) is 4.90. The van der Waals surface area contributed by atoms with Crippen LogP contribution in [0.5, 0.6) is 0 Å². The van der Waals surface area contributed by atoms with Crippen LogP contribution in [0, 0.1) is 10.1 Å². The van der Waals surface area contributed by atoms with Crippen LogP contribution in [0.1, 0.15) is 37.5 Å². The molecule has 4 rings (SSSR count). The lowest BCUT2D eigenvalue weighted by molar-refractivity contribution is -0.384. The maximum absolute atomic E-state index is 10.9. The Morgan fingerprint density at radius 3 is 2.23 bits per heavy atom. The molecule has 1 aliphatic rings. The Bertz CT molecular complexity index is 1170. The van der Waals surface area contributed by atoms with Gasteiger partial charge in [0.05, 0.1) is 10.6 Å². The second kappa shape index (κ2) is 7.61. The van der Waals surface area contributed by atoms with Gasteiger partial charge in [0.2, 0.25) is 0 Å². The number of rotatable bonds is 5. The zero-order valence-electron chi connectivity index (χ0n) is 17.0. The second-order valence-corrected chi connectivity index (χ2v) is 9.22. The average Bonchev–Trinajstić information content (AvgIpc) is 2.95. The molecule has 1 N–H and O–H groups in total. The molecule has 3 aromatic carbocycles. The third kappa shape index (κ3) is 3.59. The second-order valence-electron chi connectivity index (χ2n) is 8.08. The first-order valence-corrected chi connectivity index (χ1v) is 10.5. The molecule has 0 unspecified atom stereocenters. The topological polar surface area (TPSA) is 75.7 Å². The highest BCUT2D eigenvalue weighted by Crippen LogP contribution is 2.50. The van der Waals surface area contributed by atoms with Crippen molar-refractivity contribution in [1.82, 2.24) is 0 Å². The van der Waals surface area contributed by atoms with Crippen LogP contribution < -0.4 is 0 Å². The molecular weight excluding hydrogens is 396 g/mol. The van der Waals surface area contributed by atoms with Gasteiger partial charge in [-0.1, -0.05) is 55.0 Å². The van der Waals surface area contributed by atoms with Crippen LogP contribution >= 0.6 is 11.8 Å². The van der Waals surface area contributed by atoms with Crippen molar-refractivity contribution in [3.63, 3.8) is 0 Å². The summed E-state index contributed by atoms with van der Waals surface area (Å²) >= 11 is 1.60. The van der Waals surface area contributed by atoms with Gasteiger partial charge in [0.25, 0.3) is 5.69 Å². The van der Waals surface area contributed by atoms with E-state index >= 15 is 0 Å². The number of nitrogens with zero attached hydrogens (tertiary/aromatic N) is 2. The van der Waals surface area contributed by atoms with E-state index in [-0.39, 0.29) is 16.0 Å². The predicted molar refractivity (Wildman–Crippen MR) is 120 cm³/mol. The molecule has 0 bridgehead atoms. The molecule has 0 amide bonds. The van der Waals surface area contributed by atoms with E-state index in [4.69, 9.17) is 5.21 Å². The fraction of sp³-hybridized carbons (Fsp3) is 0.208. The lowest BCUT2D eigenvalue weighted by atomic mass is 9.82. The molecule has 0 atom stereocenters. The predicted octanol–water partition coefficient (Wildman–Crippen LogP) is 6.44. The van der Waals surface area contributed by atoms with Crippen molar-refractivity contribution in [1.29, 1.82) is 0 Å². The van der Waals surface area contributed by atoms with Crippen LogP contribution in [0.4, 0.5) is 5.69 Å². The molecule has 5 nitrogen and oxygen atoms in total. The van der Waals surface area contributed by atoms with E-state index in [1.54, 1.807) is 23.9 Å². The van der Waals surface area contributed by atoms with E-state index in [1.807, 2.05) is 6.92 Å². The Labute approximate surface area is 179 Å². The number of nitro benzene ring substituents is 1. The highest BCUT2D eigenvalue weighted by Gasteiger charge is 2.35. The summed E-state index contributed by atoms with van der Waals surface area (Å²) in [6, 6.07) is 19.6. The van der Waals surface area contributed by atoms with E-state index in [2.05, 4.69) is 55.4 Å². The van der Waals surface area contributed by atoms with Gasteiger partial charge in [-0.05, 0) is 59.0 Å². The van der Waals surface area contributed by atoms with Crippen molar-refractivity contribution in [2.24, 2.45) is 5.16 Å². The molecule has 30 heavy (non-hydrogen) atoms. The summed E-state index contributed by atoms with van der Waals surface area (Å²) in [5.74, 6) is 0. The Hall–Kier alpha value is -3.12. The fourth-order valence-electron chi connectivity index (χ4n) is 4.04. The molecule has 6 heteroatoms.